The first-order chi connectivity index (χ1) is 20.1. The Hall–Kier alpha value is -4.41. The van der Waals surface area contributed by atoms with Crippen LogP contribution in [0.5, 0.6) is 5.75 Å². The molecule has 0 bridgehead atoms. The molecule has 0 fully saturated rings. The van der Waals surface area contributed by atoms with Crippen LogP contribution in [0.4, 0.5) is 10.1 Å². The Kier molecular flexibility index (Phi) is 10.2. The van der Waals surface area contributed by atoms with Gasteiger partial charge in [-0.2, -0.15) is 0 Å². The van der Waals surface area contributed by atoms with Crippen molar-refractivity contribution in [2.45, 2.75) is 31.0 Å². The number of anilines is 1. The predicted octanol–water partition coefficient (Wildman–Crippen LogP) is 5.39. The van der Waals surface area contributed by atoms with Gasteiger partial charge in [0.1, 0.15) is 17.6 Å². The molecule has 0 aromatic heterocycles. The second-order valence-electron chi connectivity index (χ2n) is 9.40. The number of hydrogen-bond donors (Lipinski definition) is 2. The monoisotopic (exact) mass is 609 g/mol. The fraction of sp³-hybridized carbons (Fsp3) is 0.161. The summed E-state index contributed by atoms with van der Waals surface area (Å²) in [6.07, 6.45) is 0. The maximum atomic E-state index is 13.3. The molecule has 0 aliphatic heterocycles. The summed E-state index contributed by atoms with van der Waals surface area (Å²) in [5, 5.41) is 3.42. The lowest BCUT2D eigenvalue weighted by Gasteiger charge is -2.29. The molecule has 0 saturated carbocycles. The molecule has 1 atom stereocenters. The van der Waals surface area contributed by atoms with Crippen molar-refractivity contribution in [3.8, 4) is 5.75 Å². The van der Waals surface area contributed by atoms with Crippen molar-refractivity contribution in [1.29, 1.82) is 0 Å². The summed E-state index contributed by atoms with van der Waals surface area (Å²) >= 11 is 6.01. The van der Waals surface area contributed by atoms with Crippen LogP contribution in [0.15, 0.2) is 108 Å². The molecule has 0 unspecified atom stereocenters. The van der Waals surface area contributed by atoms with Gasteiger partial charge >= 0.3 is 0 Å². The molecule has 0 saturated heterocycles. The number of amides is 2. The van der Waals surface area contributed by atoms with Crippen LogP contribution < -0.4 is 14.8 Å². The molecule has 0 heterocycles. The zero-order valence-corrected chi connectivity index (χ0v) is 24.2. The number of rotatable bonds is 12. The van der Waals surface area contributed by atoms with Crippen LogP contribution in [0, 0.1) is 5.82 Å². The maximum absolute atomic E-state index is 13.3. The lowest BCUT2D eigenvalue weighted by atomic mass is 10.1. The van der Waals surface area contributed by atoms with Gasteiger partial charge in [-0.05, 0) is 78.7 Å². The van der Waals surface area contributed by atoms with Gasteiger partial charge in [0.25, 0.3) is 15.9 Å². The molecule has 4 aromatic carbocycles. The van der Waals surface area contributed by atoms with Crippen LogP contribution in [0.3, 0.4) is 0 Å². The van der Waals surface area contributed by atoms with Crippen LogP contribution in [-0.4, -0.2) is 37.8 Å². The van der Waals surface area contributed by atoms with E-state index in [1.165, 1.54) is 41.3 Å². The highest BCUT2D eigenvalue weighted by Gasteiger charge is 2.26. The number of ether oxygens (including phenoxy) is 1. The van der Waals surface area contributed by atoms with Crippen molar-refractivity contribution in [2.75, 3.05) is 11.3 Å². The van der Waals surface area contributed by atoms with Crippen LogP contribution in [0.1, 0.15) is 18.1 Å². The average Bonchev–Trinajstić information content (AvgIpc) is 3.00. The molecule has 0 aliphatic rings. The third kappa shape index (κ3) is 8.55. The largest absolute Gasteiger partial charge is 0.484 e. The predicted molar refractivity (Wildman–Crippen MR) is 159 cm³/mol. The van der Waals surface area contributed by atoms with Crippen molar-refractivity contribution in [2.24, 2.45) is 0 Å². The van der Waals surface area contributed by atoms with Crippen LogP contribution in [0.25, 0.3) is 0 Å². The van der Waals surface area contributed by atoms with Crippen molar-refractivity contribution >= 4 is 39.1 Å². The van der Waals surface area contributed by atoms with Crippen LogP contribution in [-0.2, 0) is 32.7 Å². The molecule has 4 rings (SSSR count). The molecule has 4 aromatic rings. The zero-order valence-electron chi connectivity index (χ0n) is 22.7. The third-order valence-electron chi connectivity index (χ3n) is 6.34. The van der Waals surface area contributed by atoms with Gasteiger partial charge in [-0.15, -0.1) is 0 Å². The fourth-order valence-electron chi connectivity index (χ4n) is 3.98. The first-order valence-corrected chi connectivity index (χ1v) is 14.8. The van der Waals surface area contributed by atoms with Crippen LogP contribution >= 0.6 is 11.6 Å². The van der Waals surface area contributed by atoms with Gasteiger partial charge in [0.05, 0.1) is 4.90 Å². The van der Waals surface area contributed by atoms with E-state index >= 15 is 0 Å². The maximum Gasteiger partial charge on any atom is 0.261 e. The summed E-state index contributed by atoms with van der Waals surface area (Å²) in [4.78, 5) is 27.7. The minimum atomic E-state index is -3.93. The Morgan fingerprint density at radius 3 is 2.17 bits per heavy atom. The van der Waals surface area contributed by atoms with Gasteiger partial charge in [0.2, 0.25) is 5.91 Å². The van der Waals surface area contributed by atoms with Crippen molar-refractivity contribution < 1.29 is 27.1 Å². The molecule has 218 valence electrons. The van der Waals surface area contributed by atoms with E-state index in [0.29, 0.717) is 11.6 Å². The van der Waals surface area contributed by atoms with Gasteiger partial charge in [-0.25, -0.2) is 12.8 Å². The van der Waals surface area contributed by atoms with Gasteiger partial charge in [-0.3, -0.25) is 14.3 Å². The Morgan fingerprint density at radius 2 is 1.52 bits per heavy atom. The molecule has 2 N–H and O–H groups in total. The highest BCUT2D eigenvalue weighted by atomic mass is 35.5. The summed E-state index contributed by atoms with van der Waals surface area (Å²) in [6, 6.07) is 26.0. The summed E-state index contributed by atoms with van der Waals surface area (Å²) < 4.78 is 46.5. The van der Waals surface area contributed by atoms with E-state index < -0.39 is 27.8 Å². The minimum Gasteiger partial charge on any atom is -0.484 e. The lowest BCUT2D eigenvalue weighted by molar-refractivity contribution is -0.142. The Morgan fingerprint density at radius 1 is 0.881 bits per heavy atom. The number of benzene rings is 4. The Balaban J connectivity index is 1.41. The SMILES string of the molecule is C[C@H](C(=O)NCc1ccccc1)N(Cc1ccc(Cl)cc1)C(=O)COc1ccc(S(=O)(=O)Nc2ccc(F)cc2)cc1. The lowest BCUT2D eigenvalue weighted by Crippen LogP contribution is -2.48. The number of sulfonamides is 1. The van der Waals surface area contributed by atoms with E-state index in [1.807, 2.05) is 30.3 Å². The highest BCUT2D eigenvalue weighted by Crippen LogP contribution is 2.20. The minimum absolute atomic E-state index is 0.0430. The van der Waals surface area contributed by atoms with Gasteiger partial charge in [0, 0.05) is 23.8 Å². The topological polar surface area (TPSA) is 105 Å². The van der Waals surface area contributed by atoms with E-state index in [1.54, 1.807) is 31.2 Å². The summed E-state index contributed by atoms with van der Waals surface area (Å²) in [7, 11) is -3.93. The first-order valence-electron chi connectivity index (χ1n) is 13.0. The zero-order chi connectivity index (χ0) is 30.1. The smallest absolute Gasteiger partial charge is 0.261 e. The normalized spacial score (nSPS) is 11.8. The van der Waals surface area contributed by atoms with E-state index in [9.17, 15) is 22.4 Å². The fourth-order valence-corrected chi connectivity index (χ4v) is 5.16. The molecule has 0 radical (unpaired) electrons. The summed E-state index contributed by atoms with van der Waals surface area (Å²) in [6.45, 7) is 1.71. The molecular formula is C31H29ClFN3O5S. The van der Waals surface area contributed by atoms with Gasteiger partial charge in [-0.1, -0.05) is 54.1 Å². The average molecular weight is 610 g/mol. The molecule has 2 amide bonds. The van der Waals surface area contributed by atoms with E-state index in [4.69, 9.17) is 16.3 Å². The second-order valence-corrected chi connectivity index (χ2v) is 11.5. The van der Waals surface area contributed by atoms with Crippen molar-refractivity contribution in [3.63, 3.8) is 0 Å². The highest BCUT2D eigenvalue weighted by molar-refractivity contribution is 7.92. The second kappa shape index (κ2) is 14.0. The molecule has 42 heavy (non-hydrogen) atoms. The molecule has 0 spiro atoms. The number of nitrogens with one attached hydrogen (secondary N) is 2. The molecule has 0 aliphatic carbocycles. The number of hydrogen-bond acceptors (Lipinski definition) is 5. The molecule has 11 heteroatoms. The van der Waals surface area contributed by atoms with E-state index in [-0.39, 0.29) is 35.4 Å². The number of nitrogens with zero attached hydrogens (tertiary/aromatic N) is 1. The van der Waals surface area contributed by atoms with Gasteiger partial charge < -0.3 is 15.0 Å². The van der Waals surface area contributed by atoms with Gasteiger partial charge in [0.15, 0.2) is 6.61 Å². The van der Waals surface area contributed by atoms with E-state index in [0.717, 1.165) is 23.3 Å². The number of halogens is 2. The molecule has 8 nitrogen and oxygen atoms in total. The summed E-state index contributed by atoms with van der Waals surface area (Å²) in [5.41, 5.74) is 1.92. The third-order valence-corrected chi connectivity index (χ3v) is 7.98. The van der Waals surface area contributed by atoms with Crippen molar-refractivity contribution in [1.82, 2.24) is 10.2 Å². The van der Waals surface area contributed by atoms with E-state index in [2.05, 4.69) is 10.0 Å². The van der Waals surface area contributed by atoms with Crippen LogP contribution in [0.2, 0.25) is 5.02 Å². The Labute approximate surface area is 249 Å². The quantitative estimate of drug-likeness (QED) is 0.224. The standard InChI is InChI=1S/C31H29ClFN3O5S/c1-22(31(38)34-19-23-5-3-2-4-6-23)36(20-24-7-9-25(32)10-8-24)30(37)21-41-28-15-17-29(18-16-28)42(39,40)35-27-13-11-26(33)12-14-27/h2-18,22,35H,19-21H2,1H3,(H,34,38)/t22-/m1/s1. The Bertz CT molecular complexity index is 1600. The first kappa shape index (κ1) is 30.5. The number of carbonyl (C=O) groups is 2. The summed E-state index contributed by atoms with van der Waals surface area (Å²) in [5.74, 6) is -0.994. The number of carbonyl (C=O) groups excluding carboxylic acids is 2. The van der Waals surface area contributed by atoms with Crippen molar-refractivity contribution in [3.05, 3.63) is 125 Å². The molecular weight excluding hydrogens is 581 g/mol.